The van der Waals surface area contributed by atoms with Gasteiger partial charge in [0.15, 0.2) is 6.29 Å². The average Bonchev–Trinajstić information content (AvgIpc) is 3.29. The molecule has 0 aliphatic carbocycles. The SMILES string of the molecule is CCN(CC)CCOC(=O)C1=C(C=O)NC(C)=C(C(=O)OC)C1c1cccc2nonc12. The quantitative estimate of drug-likeness (QED) is 0.453. The Morgan fingerprint density at radius 2 is 1.94 bits per heavy atom. The van der Waals surface area contributed by atoms with Gasteiger partial charge in [-0.3, -0.25) is 4.79 Å². The van der Waals surface area contributed by atoms with Gasteiger partial charge in [0.05, 0.1) is 29.9 Å². The third-order valence-corrected chi connectivity index (χ3v) is 5.50. The number of dihydropyridines is 1. The molecular weight excluding hydrogens is 416 g/mol. The first-order chi connectivity index (χ1) is 15.5. The number of aromatic nitrogens is 2. The predicted molar refractivity (Wildman–Crippen MR) is 114 cm³/mol. The maximum Gasteiger partial charge on any atom is 0.337 e. The molecule has 2 heterocycles. The van der Waals surface area contributed by atoms with Gasteiger partial charge in [0.25, 0.3) is 0 Å². The molecule has 10 nitrogen and oxygen atoms in total. The summed E-state index contributed by atoms with van der Waals surface area (Å²) in [6.45, 7) is 7.97. The zero-order valence-electron chi connectivity index (χ0n) is 18.5. The van der Waals surface area contributed by atoms with Crippen molar-refractivity contribution < 1.29 is 28.5 Å². The van der Waals surface area contributed by atoms with Crippen LogP contribution < -0.4 is 5.32 Å². The average molecular weight is 442 g/mol. The highest BCUT2D eigenvalue weighted by Crippen LogP contribution is 2.41. The Morgan fingerprint density at radius 1 is 1.19 bits per heavy atom. The molecule has 170 valence electrons. The normalized spacial score (nSPS) is 16.3. The second kappa shape index (κ2) is 10.2. The van der Waals surface area contributed by atoms with Gasteiger partial charge in [-0.05, 0) is 42.0 Å². The van der Waals surface area contributed by atoms with E-state index in [0.29, 0.717) is 35.1 Å². The van der Waals surface area contributed by atoms with E-state index in [-0.39, 0.29) is 23.5 Å². The standard InChI is InChI=1S/C22H26N4O6/c1-5-26(6-2)10-11-31-22(29)19-16(12-27)23-13(3)17(21(28)30-4)18(19)14-8-7-9-15-20(14)25-32-24-15/h7-9,12,18,23H,5-6,10-11H2,1-4H3. The summed E-state index contributed by atoms with van der Waals surface area (Å²) < 4.78 is 15.4. The fraction of sp³-hybridized carbons (Fsp3) is 0.409. The number of hydrogen-bond donors (Lipinski definition) is 1. The molecule has 1 aromatic heterocycles. The van der Waals surface area contributed by atoms with Crippen LogP contribution in [-0.4, -0.2) is 66.8 Å². The van der Waals surface area contributed by atoms with Gasteiger partial charge in [0.2, 0.25) is 0 Å². The molecule has 3 rings (SSSR count). The molecule has 1 N–H and O–H groups in total. The molecule has 0 radical (unpaired) electrons. The Balaban J connectivity index is 2.09. The van der Waals surface area contributed by atoms with Crippen LogP contribution in [-0.2, 0) is 23.9 Å². The minimum Gasteiger partial charge on any atom is -0.466 e. The number of ether oxygens (including phenoxy) is 2. The zero-order chi connectivity index (χ0) is 23.3. The molecule has 2 aromatic rings. The number of nitrogens with one attached hydrogen (secondary N) is 1. The Kier molecular flexibility index (Phi) is 7.37. The van der Waals surface area contributed by atoms with Gasteiger partial charge in [0, 0.05) is 12.2 Å². The predicted octanol–water partition coefficient (Wildman–Crippen LogP) is 1.69. The van der Waals surface area contributed by atoms with E-state index in [2.05, 4.69) is 20.5 Å². The van der Waals surface area contributed by atoms with Crippen molar-refractivity contribution in [3.8, 4) is 0 Å². The van der Waals surface area contributed by atoms with E-state index in [1.807, 2.05) is 13.8 Å². The number of methoxy groups -OCH3 is 1. The van der Waals surface area contributed by atoms with Crippen molar-refractivity contribution in [1.82, 2.24) is 20.5 Å². The van der Waals surface area contributed by atoms with Gasteiger partial charge >= 0.3 is 11.9 Å². The van der Waals surface area contributed by atoms with Crippen molar-refractivity contribution in [2.75, 3.05) is 33.4 Å². The van der Waals surface area contributed by atoms with E-state index < -0.39 is 17.9 Å². The van der Waals surface area contributed by atoms with E-state index in [9.17, 15) is 14.4 Å². The molecule has 32 heavy (non-hydrogen) atoms. The van der Waals surface area contributed by atoms with E-state index in [1.54, 1.807) is 25.1 Å². The summed E-state index contributed by atoms with van der Waals surface area (Å²) in [5.74, 6) is -2.31. The largest absolute Gasteiger partial charge is 0.466 e. The van der Waals surface area contributed by atoms with Crippen molar-refractivity contribution in [2.24, 2.45) is 0 Å². The summed E-state index contributed by atoms with van der Waals surface area (Å²) in [7, 11) is 1.25. The number of benzene rings is 1. The summed E-state index contributed by atoms with van der Waals surface area (Å²) in [6, 6.07) is 5.10. The number of rotatable bonds is 9. The molecule has 1 aliphatic heterocycles. The van der Waals surface area contributed by atoms with E-state index in [0.717, 1.165) is 13.1 Å². The first kappa shape index (κ1) is 23.1. The number of carbonyl (C=O) groups is 3. The Labute approximate surface area is 185 Å². The molecule has 0 saturated heterocycles. The van der Waals surface area contributed by atoms with Crippen LogP contribution in [0.4, 0.5) is 0 Å². The first-order valence-electron chi connectivity index (χ1n) is 10.3. The molecular formula is C22H26N4O6. The molecule has 1 aromatic carbocycles. The van der Waals surface area contributed by atoms with Crippen LogP contribution in [0.1, 0.15) is 32.3 Å². The molecule has 1 unspecified atom stereocenters. The molecule has 0 bridgehead atoms. The highest BCUT2D eigenvalue weighted by molar-refractivity contribution is 6.04. The molecule has 1 atom stereocenters. The lowest BCUT2D eigenvalue weighted by Gasteiger charge is -2.29. The van der Waals surface area contributed by atoms with Crippen molar-refractivity contribution in [1.29, 1.82) is 0 Å². The highest BCUT2D eigenvalue weighted by Gasteiger charge is 2.40. The van der Waals surface area contributed by atoms with Crippen LogP contribution in [0, 0.1) is 0 Å². The van der Waals surface area contributed by atoms with Crippen LogP contribution in [0.15, 0.2) is 45.4 Å². The second-order valence-corrected chi connectivity index (χ2v) is 7.18. The van der Waals surface area contributed by atoms with Crippen molar-refractivity contribution >= 4 is 29.3 Å². The van der Waals surface area contributed by atoms with Gasteiger partial charge in [-0.25, -0.2) is 14.2 Å². The highest BCUT2D eigenvalue weighted by atomic mass is 16.6. The lowest BCUT2D eigenvalue weighted by Crippen LogP contribution is -2.34. The van der Waals surface area contributed by atoms with Crippen LogP contribution in [0.2, 0.25) is 0 Å². The van der Waals surface area contributed by atoms with Crippen LogP contribution in [0.5, 0.6) is 0 Å². The topological polar surface area (TPSA) is 124 Å². The fourth-order valence-corrected chi connectivity index (χ4v) is 3.81. The minimum atomic E-state index is -0.958. The lowest BCUT2D eigenvalue weighted by atomic mass is 9.80. The molecule has 10 heteroatoms. The van der Waals surface area contributed by atoms with Gasteiger partial charge < -0.3 is 19.7 Å². The maximum absolute atomic E-state index is 13.2. The van der Waals surface area contributed by atoms with E-state index in [4.69, 9.17) is 14.1 Å². The molecule has 1 aliphatic rings. The van der Waals surface area contributed by atoms with Gasteiger partial charge in [-0.2, -0.15) is 0 Å². The number of nitrogens with zero attached hydrogens (tertiary/aromatic N) is 3. The van der Waals surface area contributed by atoms with E-state index >= 15 is 0 Å². The van der Waals surface area contributed by atoms with Gasteiger partial charge in [-0.1, -0.05) is 26.0 Å². The number of esters is 2. The number of likely N-dealkylation sites (N-methyl/N-ethyl adjacent to an activating group) is 1. The monoisotopic (exact) mass is 442 g/mol. The first-order valence-corrected chi connectivity index (χ1v) is 10.3. The van der Waals surface area contributed by atoms with Crippen LogP contribution >= 0.6 is 0 Å². The van der Waals surface area contributed by atoms with Crippen molar-refractivity contribution in [2.45, 2.75) is 26.7 Å². The number of hydrogen-bond acceptors (Lipinski definition) is 10. The lowest BCUT2D eigenvalue weighted by molar-refractivity contribution is -0.140. The summed E-state index contributed by atoms with van der Waals surface area (Å²) >= 11 is 0. The Hall–Kier alpha value is -3.53. The Morgan fingerprint density at radius 3 is 2.59 bits per heavy atom. The van der Waals surface area contributed by atoms with Gasteiger partial charge in [0.1, 0.15) is 17.6 Å². The summed E-state index contributed by atoms with van der Waals surface area (Å²) in [5, 5.41) is 10.6. The molecule has 0 spiro atoms. The molecule has 0 amide bonds. The van der Waals surface area contributed by atoms with Crippen LogP contribution in [0.3, 0.4) is 0 Å². The van der Waals surface area contributed by atoms with Crippen molar-refractivity contribution in [3.05, 3.63) is 46.3 Å². The fourth-order valence-electron chi connectivity index (χ4n) is 3.81. The number of aldehydes is 1. The molecule has 0 fully saturated rings. The number of carbonyl (C=O) groups excluding carboxylic acids is 3. The summed E-state index contributed by atoms with van der Waals surface area (Å²) in [6.07, 6.45) is 0.534. The Bertz CT molecular complexity index is 1080. The number of allylic oxidation sites excluding steroid dienone is 2. The maximum atomic E-state index is 13.2. The van der Waals surface area contributed by atoms with Gasteiger partial charge in [-0.15, -0.1) is 0 Å². The molecule has 0 saturated carbocycles. The zero-order valence-corrected chi connectivity index (χ0v) is 18.5. The second-order valence-electron chi connectivity index (χ2n) is 7.18. The summed E-state index contributed by atoms with van der Waals surface area (Å²) in [5.41, 5.74) is 1.86. The third kappa shape index (κ3) is 4.40. The smallest absolute Gasteiger partial charge is 0.337 e. The minimum absolute atomic E-state index is 0.000969. The van der Waals surface area contributed by atoms with E-state index in [1.165, 1.54) is 7.11 Å². The number of fused-ring (bicyclic) bond motifs is 1. The van der Waals surface area contributed by atoms with Crippen LogP contribution in [0.25, 0.3) is 11.0 Å². The summed E-state index contributed by atoms with van der Waals surface area (Å²) in [4.78, 5) is 40.0. The third-order valence-electron chi connectivity index (χ3n) is 5.50. The van der Waals surface area contributed by atoms with Crippen molar-refractivity contribution in [3.63, 3.8) is 0 Å².